The third-order valence-electron chi connectivity index (χ3n) is 2.97. The molecule has 1 saturated heterocycles. The van der Waals surface area contributed by atoms with Gasteiger partial charge in [-0.3, -0.25) is 4.79 Å². The molecule has 3 N–H and O–H groups in total. The van der Waals surface area contributed by atoms with Crippen molar-refractivity contribution in [2.45, 2.75) is 12.8 Å². The Morgan fingerprint density at radius 1 is 1.50 bits per heavy atom. The minimum atomic E-state index is -0.279. The molecule has 18 heavy (non-hydrogen) atoms. The molecule has 0 unspecified atom stereocenters. The molecule has 2 heterocycles. The van der Waals surface area contributed by atoms with Gasteiger partial charge in [-0.1, -0.05) is 11.6 Å². The number of hydrogen-bond acceptors (Lipinski definition) is 4. The Hall–Kier alpha value is -1.33. The number of nitrogens with one attached hydrogen (secondary N) is 1. The lowest BCUT2D eigenvalue weighted by atomic mass is 10.0. The number of carbonyl (C=O) groups excluding carboxylic acids is 1. The van der Waals surface area contributed by atoms with Gasteiger partial charge in [0.2, 0.25) is 0 Å². The predicted octanol–water partition coefficient (Wildman–Crippen LogP) is 1.47. The Labute approximate surface area is 111 Å². The van der Waals surface area contributed by atoms with Gasteiger partial charge in [-0.2, -0.15) is 0 Å². The first kappa shape index (κ1) is 13.1. The van der Waals surface area contributed by atoms with Crippen LogP contribution in [0, 0.1) is 5.92 Å². The van der Waals surface area contributed by atoms with Crippen LogP contribution in [0.5, 0.6) is 0 Å². The second-order valence-electron chi connectivity index (χ2n) is 4.33. The Balaban J connectivity index is 1.92. The minimum absolute atomic E-state index is 0.184. The number of nitrogens with zero attached hydrogens (tertiary/aromatic N) is 1. The number of nitrogen functional groups attached to an aromatic ring is 1. The van der Waals surface area contributed by atoms with Crippen molar-refractivity contribution in [1.29, 1.82) is 0 Å². The smallest absolute Gasteiger partial charge is 0.271 e. The molecular formula is C12H16ClN3O2. The van der Waals surface area contributed by atoms with Crippen LogP contribution in [0.15, 0.2) is 12.1 Å². The third kappa shape index (κ3) is 3.34. The second-order valence-corrected chi connectivity index (χ2v) is 4.74. The largest absolute Gasteiger partial charge is 0.384 e. The summed E-state index contributed by atoms with van der Waals surface area (Å²) in [6.45, 7) is 2.14. The first-order chi connectivity index (χ1) is 8.66. The molecule has 1 aliphatic rings. The molecule has 6 heteroatoms. The molecule has 0 bridgehead atoms. The molecule has 1 aromatic heterocycles. The minimum Gasteiger partial charge on any atom is -0.384 e. The van der Waals surface area contributed by atoms with Crippen LogP contribution in [0.25, 0.3) is 0 Å². The number of aromatic nitrogens is 1. The number of ether oxygens (including phenoxy) is 1. The van der Waals surface area contributed by atoms with Crippen molar-refractivity contribution in [3.8, 4) is 0 Å². The number of pyridine rings is 1. The number of halogens is 1. The number of anilines is 1. The first-order valence-electron chi connectivity index (χ1n) is 5.95. The van der Waals surface area contributed by atoms with E-state index in [2.05, 4.69) is 10.3 Å². The molecule has 98 valence electrons. The number of nitrogens with two attached hydrogens (primary N) is 1. The summed E-state index contributed by atoms with van der Waals surface area (Å²) >= 11 is 5.91. The maximum atomic E-state index is 11.9. The molecule has 5 nitrogen and oxygen atoms in total. The molecule has 0 spiro atoms. The van der Waals surface area contributed by atoms with E-state index in [1.165, 1.54) is 0 Å². The van der Waals surface area contributed by atoms with E-state index in [1.807, 2.05) is 0 Å². The van der Waals surface area contributed by atoms with Crippen molar-refractivity contribution in [1.82, 2.24) is 10.3 Å². The molecular weight excluding hydrogens is 254 g/mol. The van der Waals surface area contributed by atoms with Gasteiger partial charge in [-0.25, -0.2) is 4.98 Å². The predicted molar refractivity (Wildman–Crippen MR) is 69.5 cm³/mol. The highest BCUT2D eigenvalue weighted by molar-refractivity contribution is 6.33. The maximum absolute atomic E-state index is 11.9. The molecule has 0 aliphatic carbocycles. The normalized spacial score (nSPS) is 16.5. The number of rotatable bonds is 3. The van der Waals surface area contributed by atoms with Crippen LogP contribution in [-0.2, 0) is 4.74 Å². The van der Waals surface area contributed by atoms with Crippen LogP contribution in [0.2, 0.25) is 5.02 Å². The van der Waals surface area contributed by atoms with Crippen LogP contribution in [-0.4, -0.2) is 30.6 Å². The van der Waals surface area contributed by atoms with E-state index in [9.17, 15) is 4.79 Å². The van der Waals surface area contributed by atoms with E-state index >= 15 is 0 Å². The van der Waals surface area contributed by atoms with Crippen molar-refractivity contribution >= 4 is 23.3 Å². The maximum Gasteiger partial charge on any atom is 0.271 e. The fourth-order valence-electron chi connectivity index (χ4n) is 1.89. The van der Waals surface area contributed by atoms with E-state index in [0.29, 0.717) is 17.5 Å². The Bertz CT molecular complexity index is 433. The van der Waals surface area contributed by atoms with E-state index in [0.717, 1.165) is 26.1 Å². The van der Waals surface area contributed by atoms with Gasteiger partial charge in [0.15, 0.2) is 0 Å². The Morgan fingerprint density at radius 2 is 2.22 bits per heavy atom. The number of amides is 1. The summed E-state index contributed by atoms with van der Waals surface area (Å²) in [5.74, 6) is 0.469. The first-order valence-corrected chi connectivity index (χ1v) is 6.32. The topological polar surface area (TPSA) is 77.2 Å². The van der Waals surface area contributed by atoms with Crippen LogP contribution >= 0.6 is 11.6 Å². The van der Waals surface area contributed by atoms with Gasteiger partial charge in [0, 0.05) is 19.8 Å². The summed E-state index contributed by atoms with van der Waals surface area (Å²) in [5.41, 5.74) is 5.72. The summed E-state index contributed by atoms with van der Waals surface area (Å²) in [6, 6.07) is 3.14. The van der Waals surface area contributed by atoms with Gasteiger partial charge in [0.25, 0.3) is 5.91 Å². The molecule has 2 rings (SSSR count). The van der Waals surface area contributed by atoms with Gasteiger partial charge in [-0.05, 0) is 30.9 Å². The van der Waals surface area contributed by atoms with Crippen LogP contribution < -0.4 is 11.1 Å². The van der Waals surface area contributed by atoms with E-state index in [1.54, 1.807) is 12.1 Å². The number of carbonyl (C=O) groups is 1. The van der Waals surface area contributed by atoms with Gasteiger partial charge >= 0.3 is 0 Å². The molecule has 0 saturated carbocycles. The highest BCUT2D eigenvalue weighted by Gasteiger charge is 2.17. The van der Waals surface area contributed by atoms with Gasteiger partial charge in [-0.15, -0.1) is 0 Å². The van der Waals surface area contributed by atoms with Crippen LogP contribution in [0.4, 0.5) is 5.82 Å². The average Bonchev–Trinajstić information content (AvgIpc) is 2.40. The van der Waals surface area contributed by atoms with Gasteiger partial charge in [0.05, 0.1) is 5.02 Å². The fraction of sp³-hybridized carbons (Fsp3) is 0.500. The summed E-state index contributed by atoms with van der Waals surface area (Å²) in [6.07, 6.45) is 1.94. The Morgan fingerprint density at radius 3 is 2.94 bits per heavy atom. The van der Waals surface area contributed by atoms with Crippen LogP contribution in [0.3, 0.4) is 0 Å². The second kappa shape index (κ2) is 6.02. The van der Waals surface area contributed by atoms with Gasteiger partial charge in [0.1, 0.15) is 11.5 Å². The van der Waals surface area contributed by atoms with E-state index in [-0.39, 0.29) is 17.4 Å². The molecule has 1 amide bonds. The quantitative estimate of drug-likeness (QED) is 0.871. The third-order valence-corrected chi connectivity index (χ3v) is 3.28. The summed E-state index contributed by atoms with van der Waals surface area (Å²) in [7, 11) is 0. The SMILES string of the molecule is Nc1ccc(Cl)c(C(=O)NCC2CCOCC2)n1. The highest BCUT2D eigenvalue weighted by Crippen LogP contribution is 2.16. The molecule has 0 radical (unpaired) electrons. The lowest BCUT2D eigenvalue weighted by Crippen LogP contribution is -2.32. The van der Waals surface area contributed by atoms with Gasteiger partial charge < -0.3 is 15.8 Å². The highest BCUT2D eigenvalue weighted by atomic mass is 35.5. The van der Waals surface area contributed by atoms with Crippen LogP contribution in [0.1, 0.15) is 23.3 Å². The Kier molecular flexibility index (Phi) is 4.38. The summed E-state index contributed by atoms with van der Waals surface area (Å²) < 4.78 is 5.26. The standard InChI is InChI=1S/C12H16ClN3O2/c13-9-1-2-10(14)16-11(9)12(17)15-7-8-3-5-18-6-4-8/h1-2,8H,3-7H2,(H2,14,16)(H,15,17). The van der Waals surface area contributed by atoms with Crippen molar-refractivity contribution in [2.24, 2.45) is 5.92 Å². The van der Waals surface area contributed by atoms with E-state index < -0.39 is 0 Å². The van der Waals surface area contributed by atoms with E-state index in [4.69, 9.17) is 22.1 Å². The molecule has 1 fully saturated rings. The van der Waals surface area contributed by atoms with Crippen molar-refractivity contribution in [3.63, 3.8) is 0 Å². The molecule has 0 aromatic carbocycles. The summed E-state index contributed by atoms with van der Waals surface area (Å²) in [5, 5.41) is 3.15. The fourth-order valence-corrected chi connectivity index (χ4v) is 2.08. The zero-order valence-electron chi connectivity index (χ0n) is 9.99. The zero-order chi connectivity index (χ0) is 13.0. The molecule has 1 aliphatic heterocycles. The molecule has 0 atom stereocenters. The average molecular weight is 270 g/mol. The van der Waals surface area contributed by atoms with Crippen molar-refractivity contribution in [2.75, 3.05) is 25.5 Å². The number of hydrogen-bond donors (Lipinski definition) is 2. The molecule has 1 aromatic rings. The summed E-state index contributed by atoms with van der Waals surface area (Å²) in [4.78, 5) is 15.9. The zero-order valence-corrected chi connectivity index (χ0v) is 10.7. The van der Waals surface area contributed by atoms with Crippen molar-refractivity contribution in [3.05, 3.63) is 22.8 Å². The lowest BCUT2D eigenvalue weighted by Gasteiger charge is -2.22. The lowest BCUT2D eigenvalue weighted by molar-refractivity contribution is 0.0642. The monoisotopic (exact) mass is 269 g/mol. The van der Waals surface area contributed by atoms with Crippen molar-refractivity contribution < 1.29 is 9.53 Å².